The molecule has 2 unspecified atom stereocenters. The zero-order chi connectivity index (χ0) is 13.9. The zero-order valence-electron chi connectivity index (χ0n) is 13.0. The third-order valence-electron chi connectivity index (χ3n) is 4.53. The molecular formula is C18H29N. The molecule has 1 aromatic carbocycles. The van der Waals surface area contributed by atoms with Crippen LogP contribution in [0.3, 0.4) is 0 Å². The maximum absolute atomic E-state index is 3.58. The first-order valence-electron chi connectivity index (χ1n) is 7.73. The quantitative estimate of drug-likeness (QED) is 0.854. The molecule has 106 valence electrons. The average molecular weight is 259 g/mol. The largest absolute Gasteiger partial charge is 0.317 e. The summed E-state index contributed by atoms with van der Waals surface area (Å²) in [4.78, 5) is 0. The summed E-state index contributed by atoms with van der Waals surface area (Å²) in [6.45, 7) is 7.03. The Morgan fingerprint density at radius 3 is 2.53 bits per heavy atom. The minimum Gasteiger partial charge on any atom is -0.317 e. The van der Waals surface area contributed by atoms with Gasteiger partial charge in [0.15, 0.2) is 0 Å². The van der Waals surface area contributed by atoms with Crippen LogP contribution in [0.5, 0.6) is 0 Å². The number of fused-ring (bicyclic) bond motifs is 1. The van der Waals surface area contributed by atoms with Crippen molar-refractivity contribution in [2.75, 3.05) is 7.05 Å². The molecule has 0 saturated carbocycles. The highest BCUT2D eigenvalue weighted by molar-refractivity contribution is 5.30. The van der Waals surface area contributed by atoms with Crippen molar-refractivity contribution < 1.29 is 0 Å². The Bertz CT molecular complexity index is 402. The van der Waals surface area contributed by atoms with Gasteiger partial charge < -0.3 is 5.32 Å². The molecule has 0 fully saturated rings. The van der Waals surface area contributed by atoms with E-state index < -0.39 is 0 Å². The van der Waals surface area contributed by atoms with Gasteiger partial charge in [-0.1, -0.05) is 45.0 Å². The molecule has 19 heavy (non-hydrogen) atoms. The van der Waals surface area contributed by atoms with Crippen LogP contribution >= 0.6 is 0 Å². The molecule has 0 aliphatic heterocycles. The standard InChI is InChI=1S/C18H29N/c1-18(2,3)12-11-17(19-4)16-10-9-14-7-5-6-8-15(14)13-16/h5-8,16-17,19H,9-13H2,1-4H3. The number of rotatable bonds is 4. The van der Waals surface area contributed by atoms with E-state index in [1.54, 1.807) is 11.1 Å². The fraction of sp³-hybridized carbons (Fsp3) is 0.667. The molecule has 1 aliphatic rings. The van der Waals surface area contributed by atoms with Crippen LogP contribution in [0.1, 0.15) is 51.2 Å². The van der Waals surface area contributed by atoms with Crippen molar-refractivity contribution in [3.63, 3.8) is 0 Å². The van der Waals surface area contributed by atoms with Crippen LogP contribution in [0, 0.1) is 11.3 Å². The van der Waals surface area contributed by atoms with Crippen LogP contribution in [0.25, 0.3) is 0 Å². The number of benzene rings is 1. The molecule has 1 nitrogen and oxygen atoms in total. The van der Waals surface area contributed by atoms with E-state index in [0.717, 1.165) is 5.92 Å². The Labute approximate surface area is 118 Å². The molecule has 0 aromatic heterocycles. The summed E-state index contributed by atoms with van der Waals surface area (Å²) in [6, 6.07) is 9.65. The zero-order valence-corrected chi connectivity index (χ0v) is 13.0. The van der Waals surface area contributed by atoms with Crippen molar-refractivity contribution in [3.8, 4) is 0 Å². The van der Waals surface area contributed by atoms with Gasteiger partial charge in [-0.3, -0.25) is 0 Å². The Hall–Kier alpha value is -0.820. The third-order valence-corrected chi connectivity index (χ3v) is 4.53. The van der Waals surface area contributed by atoms with E-state index in [4.69, 9.17) is 0 Å². The molecule has 0 radical (unpaired) electrons. The Kier molecular flexibility index (Phi) is 4.67. The fourth-order valence-corrected chi connectivity index (χ4v) is 3.27. The van der Waals surface area contributed by atoms with Gasteiger partial charge in [-0.15, -0.1) is 0 Å². The maximum Gasteiger partial charge on any atom is 0.00958 e. The van der Waals surface area contributed by atoms with Gasteiger partial charge in [0.2, 0.25) is 0 Å². The van der Waals surface area contributed by atoms with Gasteiger partial charge in [-0.05, 0) is 61.6 Å². The number of aryl methyl sites for hydroxylation is 1. The highest BCUT2D eigenvalue weighted by Crippen LogP contribution is 2.31. The lowest BCUT2D eigenvalue weighted by Gasteiger charge is -2.33. The van der Waals surface area contributed by atoms with Crippen molar-refractivity contribution in [1.29, 1.82) is 0 Å². The van der Waals surface area contributed by atoms with Crippen LogP contribution < -0.4 is 5.32 Å². The molecule has 0 saturated heterocycles. The van der Waals surface area contributed by atoms with E-state index in [2.05, 4.69) is 57.4 Å². The summed E-state index contributed by atoms with van der Waals surface area (Å²) in [5.41, 5.74) is 3.60. The van der Waals surface area contributed by atoms with Crippen molar-refractivity contribution in [3.05, 3.63) is 35.4 Å². The minimum absolute atomic E-state index is 0.446. The highest BCUT2D eigenvalue weighted by atomic mass is 14.9. The Morgan fingerprint density at radius 2 is 1.89 bits per heavy atom. The molecule has 2 rings (SSSR count). The third kappa shape index (κ3) is 4.07. The number of hydrogen-bond donors (Lipinski definition) is 1. The summed E-state index contributed by atoms with van der Waals surface area (Å²) in [6.07, 6.45) is 6.45. The second-order valence-electron chi connectivity index (χ2n) is 7.27. The van der Waals surface area contributed by atoms with E-state index in [9.17, 15) is 0 Å². The summed E-state index contributed by atoms with van der Waals surface area (Å²) >= 11 is 0. The van der Waals surface area contributed by atoms with E-state index in [0.29, 0.717) is 11.5 Å². The lowest BCUT2D eigenvalue weighted by atomic mass is 9.77. The van der Waals surface area contributed by atoms with Crippen molar-refractivity contribution in [2.45, 2.75) is 58.9 Å². The first kappa shape index (κ1) is 14.6. The van der Waals surface area contributed by atoms with Gasteiger partial charge in [-0.25, -0.2) is 0 Å². The molecule has 1 N–H and O–H groups in total. The lowest BCUT2D eigenvalue weighted by molar-refractivity contribution is 0.270. The topological polar surface area (TPSA) is 12.0 Å². The number of hydrogen-bond acceptors (Lipinski definition) is 1. The van der Waals surface area contributed by atoms with Gasteiger partial charge in [-0.2, -0.15) is 0 Å². The Morgan fingerprint density at radius 1 is 1.21 bits per heavy atom. The molecular weight excluding hydrogens is 230 g/mol. The van der Waals surface area contributed by atoms with Crippen molar-refractivity contribution in [1.82, 2.24) is 5.32 Å². The van der Waals surface area contributed by atoms with Crippen LogP contribution in [0.15, 0.2) is 24.3 Å². The van der Waals surface area contributed by atoms with E-state index in [-0.39, 0.29) is 0 Å². The molecule has 1 aliphatic carbocycles. The van der Waals surface area contributed by atoms with Crippen LogP contribution in [0.2, 0.25) is 0 Å². The summed E-state index contributed by atoms with van der Waals surface area (Å²) in [7, 11) is 2.13. The SMILES string of the molecule is CNC(CCC(C)(C)C)C1CCc2ccccc2C1. The minimum atomic E-state index is 0.446. The first-order chi connectivity index (χ1) is 8.99. The van der Waals surface area contributed by atoms with Crippen LogP contribution in [-0.4, -0.2) is 13.1 Å². The monoisotopic (exact) mass is 259 g/mol. The second kappa shape index (κ2) is 6.09. The molecule has 1 aromatic rings. The smallest absolute Gasteiger partial charge is 0.00958 e. The van der Waals surface area contributed by atoms with Gasteiger partial charge in [0.05, 0.1) is 0 Å². The lowest BCUT2D eigenvalue weighted by Crippen LogP contribution is -2.37. The van der Waals surface area contributed by atoms with Crippen LogP contribution in [0.4, 0.5) is 0 Å². The summed E-state index contributed by atoms with van der Waals surface area (Å²) in [5, 5.41) is 3.58. The fourth-order valence-electron chi connectivity index (χ4n) is 3.27. The molecule has 0 amide bonds. The first-order valence-corrected chi connectivity index (χ1v) is 7.73. The predicted octanol–water partition coefficient (Wildman–Crippen LogP) is 4.21. The van der Waals surface area contributed by atoms with Crippen molar-refractivity contribution in [2.24, 2.45) is 11.3 Å². The maximum atomic E-state index is 3.58. The second-order valence-corrected chi connectivity index (χ2v) is 7.27. The highest BCUT2D eigenvalue weighted by Gasteiger charge is 2.26. The molecule has 2 atom stereocenters. The van der Waals surface area contributed by atoms with Gasteiger partial charge >= 0.3 is 0 Å². The summed E-state index contributed by atoms with van der Waals surface area (Å²) in [5.74, 6) is 0.808. The van der Waals surface area contributed by atoms with Crippen molar-refractivity contribution >= 4 is 0 Å². The molecule has 0 heterocycles. The van der Waals surface area contributed by atoms with Gasteiger partial charge in [0, 0.05) is 6.04 Å². The van der Waals surface area contributed by atoms with E-state index in [1.807, 2.05) is 0 Å². The molecule has 0 spiro atoms. The number of nitrogens with one attached hydrogen (secondary N) is 1. The van der Waals surface area contributed by atoms with Gasteiger partial charge in [0.1, 0.15) is 0 Å². The summed E-state index contributed by atoms with van der Waals surface area (Å²) < 4.78 is 0. The predicted molar refractivity (Wildman–Crippen MR) is 83.5 cm³/mol. The van der Waals surface area contributed by atoms with E-state index >= 15 is 0 Å². The van der Waals surface area contributed by atoms with Gasteiger partial charge in [0.25, 0.3) is 0 Å². The Balaban J connectivity index is 1.98. The molecule has 1 heteroatoms. The molecule has 0 bridgehead atoms. The van der Waals surface area contributed by atoms with E-state index in [1.165, 1.54) is 32.1 Å². The normalized spacial score (nSPS) is 20.9. The van der Waals surface area contributed by atoms with Crippen LogP contribution in [-0.2, 0) is 12.8 Å². The average Bonchev–Trinajstić information content (AvgIpc) is 2.38.